The van der Waals surface area contributed by atoms with Crippen molar-refractivity contribution in [3.8, 4) is 11.5 Å². The average molecular weight is 333 g/mol. The second-order valence-electron chi connectivity index (χ2n) is 5.59. The van der Waals surface area contributed by atoms with Crippen LogP contribution in [-0.2, 0) is 0 Å². The van der Waals surface area contributed by atoms with E-state index in [-0.39, 0.29) is 34.8 Å². The maximum Gasteiger partial charge on any atom is 0.298 e. The van der Waals surface area contributed by atoms with E-state index in [0.717, 1.165) is 6.07 Å². The van der Waals surface area contributed by atoms with Crippen molar-refractivity contribution in [2.75, 3.05) is 6.54 Å². The fourth-order valence-electron chi connectivity index (χ4n) is 2.29. The second kappa shape index (κ2) is 7.25. The lowest BCUT2D eigenvalue weighted by molar-refractivity contribution is -0.616. The van der Waals surface area contributed by atoms with Gasteiger partial charge in [-0.15, -0.1) is 0 Å². The van der Waals surface area contributed by atoms with Crippen molar-refractivity contribution in [2.24, 2.45) is 0 Å². The van der Waals surface area contributed by atoms with Crippen molar-refractivity contribution in [2.45, 2.75) is 33.7 Å². The van der Waals surface area contributed by atoms with E-state index in [0.29, 0.717) is 11.3 Å². The first-order chi connectivity index (χ1) is 11.3. The third kappa shape index (κ3) is 3.79. The van der Waals surface area contributed by atoms with Gasteiger partial charge in [-0.2, -0.15) is 0 Å². The molecule has 1 aromatic carbocycles. The number of nitrogens with zero attached hydrogens (tertiary/aromatic N) is 3. The van der Waals surface area contributed by atoms with E-state index < -0.39 is 5.82 Å². The van der Waals surface area contributed by atoms with Crippen molar-refractivity contribution >= 4 is 5.91 Å². The van der Waals surface area contributed by atoms with Crippen LogP contribution in [0.25, 0.3) is 0 Å². The van der Waals surface area contributed by atoms with Crippen molar-refractivity contribution in [3.05, 3.63) is 53.0 Å². The van der Waals surface area contributed by atoms with Gasteiger partial charge in [-0.1, -0.05) is 4.98 Å². The Hall–Kier alpha value is -2.70. The van der Waals surface area contributed by atoms with Gasteiger partial charge in [0.25, 0.3) is 11.7 Å². The Morgan fingerprint density at radius 3 is 2.75 bits per heavy atom. The van der Waals surface area contributed by atoms with Gasteiger partial charge < -0.3 is 14.8 Å². The minimum Gasteiger partial charge on any atom is -0.711 e. The van der Waals surface area contributed by atoms with E-state index in [1.807, 2.05) is 20.8 Å². The van der Waals surface area contributed by atoms with E-state index in [1.165, 1.54) is 24.5 Å². The van der Waals surface area contributed by atoms with Crippen LogP contribution in [0.3, 0.4) is 0 Å². The number of carbonyl (C=O) groups excluding carboxylic acids is 1. The maximum atomic E-state index is 13.6. The first-order valence-corrected chi connectivity index (χ1v) is 7.67. The van der Waals surface area contributed by atoms with Crippen molar-refractivity contribution in [3.63, 3.8) is 0 Å². The van der Waals surface area contributed by atoms with E-state index in [1.54, 1.807) is 11.8 Å². The molecule has 1 aromatic heterocycles. The lowest BCUT2D eigenvalue weighted by Crippen LogP contribution is -2.37. The molecule has 0 radical (unpaired) electrons. The van der Waals surface area contributed by atoms with Gasteiger partial charge in [0.15, 0.2) is 6.20 Å². The van der Waals surface area contributed by atoms with Crippen LogP contribution in [0.15, 0.2) is 30.6 Å². The standard InChI is InChI=1S/C17H20FN3O3/c1-5-20(11(2)3)17(22)15-8-13(18)6-7-16(15)24-14-9-19-12(4)21(23)10-14/h6-11H,5H2,1-4H3. The van der Waals surface area contributed by atoms with Crippen molar-refractivity contribution in [1.29, 1.82) is 0 Å². The highest BCUT2D eigenvalue weighted by Crippen LogP contribution is 2.27. The summed E-state index contributed by atoms with van der Waals surface area (Å²) in [5.41, 5.74) is 0.101. The summed E-state index contributed by atoms with van der Waals surface area (Å²) in [5.74, 6) is -0.256. The molecule has 0 N–H and O–H groups in total. The molecule has 0 aliphatic heterocycles. The summed E-state index contributed by atoms with van der Waals surface area (Å²) in [7, 11) is 0. The zero-order chi connectivity index (χ0) is 17.9. The molecule has 0 fully saturated rings. The van der Waals surface area contributed by atoms with Gasteiger partial charge in [0.1, 0.15) is 17.8 Å². The van der Waals surface area contributed by atoms with Crippen LogP contribution in [0.2, 0.25) is 0 Å². The van der Waals surface area contributed by atoms with E-state index >= 15 is 0 Å². The number of aryl methyl sites for hydroxylation is 1. The summed E-state index contributed by atoms with van der Waals surface area (Å²) >= 11 is 0. The second-order valence-corrected chi connectivity index (χ2v) is 5.59. The number of rotatable bonds is 5. The van der Waals surface area contributed by atoms with Gasteiger partial charge in [-0.25, -0.2) is 9.12 Å². The Labute approximate surface area is 140 Å². The fourth-order valence-corrected chi connectivity index (χ4v) is 2.29. The summed E-state index contributed by atoms with van der Waals surface area (Å²) in [6.07, 6.45) is 2.58. The quantitative estimate of drug-likeness (QED) is 0.623. The van der Waals surface area contributed by atoms with E-state index in [9.17, 15) is 14.4 Å². The Bertz CT molecular complexity index is 750. The molecule has 6 nitrogen and oxygen atoms in total. The SMILES string of the molecule is CCN(C(=O)c1cc(F)ccc1Oc1cnc(C)[n+]([O-])c1)C(C)C. The number of halogens is 1. The van der Waals surface area contributed by atoms with Crippen molar-refractivity contribution < 1.29 is 18.7 Å². The molecule has 24 heavy (non-hydrogen) atoms. The molecule has 0 saturated heterocycles. The van der Waals surface area contributed by atoms with Crippen molar-refractivity contribution in [1.82, 2.24) is 9.88 Å². The fraction of sp³-hybridized carbons (Fsp3) is 0.353. The molecule has 0 aliphatic rings. The largest absolute Gasteiger partial charge is 0.711 e. The summed E-state index contributed by atoms with van der Waals surface area (Å²) in [5, 5.41) is 11.6. The molecule has 7 heteroatoms. The molecule has 0 saturated carbocycles. The van der Waals surface area contributed by atoms with Crippen LogP contribution in [-0.4, -0.2) is 28.4 Å². The van der Waals surface area contributed by atoms with Crippen LogP contribution in [0.4, 0.5) is 4.39 Å². The van der Waals surface area contributed by atoms with Crippen LogP contribution < -0.4 is 9.47 Å². The normalized spacial score (nSPS) is 10.8. The summed E-state index contributed by atoms with van der Waals surface area (Å²) in [6, 6.07) is 3.66. The van der Waals surface area contributed by atoms with Crippen LogP contribution >= 0.6 is 0 Å². The Morgan fingerprint density at radius 1 is 1.46 bits per heavy atom. The molecule has 0 aliphatic carbocycles. The molecule has 1 amide bonds. The molecule has 0 atom stereocenters. The molecule has 128 valence electrons. The summed E-state index contributed by atoms with van der Waals surface area (Å²) in [4.78, 5) is 18.2. The molecule has 0 unspecified atom stereocenters. The van der Waals surface area contributed by atoms with Gasteiger partial charge in [-0.3, -0.25) is 4.79 Å². The maximum absolute atomic E-state index is 13.6. The predicted molar refractivity (Wildman–Crippen MR) is 86.3 cm³/mol. The van der Waals surface area contributed by atoms with Gasteiger partial charge in [-0.05, 0) is 39.0 Å². The molecule has 1 heterocycles. The zero-order valence-electron chi connectivity index (χ0n) is 14.1. The van der Waals surface area contributed by atoms with Gasteiger partial charge in [0.2, 0.25) is 5.75 Å². The Balaban J connectivity index is 2.40. The summed E-state index contributed by atoms with van der Waals surface area (Å²) < 4.78 is 19.8. The number of amides is 1. The van der Waals surface area contributed by atoms with Crippen LogP contribution in [0.1, 0.15) is 37.0 Å². The first-order valence-electron chi connectivity index (χ1n) is 7.67. The molecule has 2 rings (SSSR count). The average Bonchev–Trinajstić information content (AvgIpc) is 2.52. The highest BCUT2D eigenvalue weighted by Gasteiger charge is 2.22. The molecule has 0 spiro atoms. The highest BCUT2D eigenvalue weighted by molar-refractivity contribution is 5.97. The monoisotopic (exact) mass is 333 g/mol. The smallest absolute Gasteiger partial charge is 0.298 e. The topological polar surface area (TPSA) is 69.4 Å². The Kier molecular flexibility index (Phi) is 5.33. The molecular weight excluding hydrogens is 313 g/mol. The highest BCUT2D eigenvalue weighted by atomic mass is 19.1. The lowest BCUT2D eigenvalue weighted by atomic mass is 10.1. The minimum atomic E-state index is -0.536. The Morgan fingerprint density at radius 2 is 2.17 bits per heavy atom. The van der Waals surface area contributed by atoms with E-state index in [4.69, 9.17) is 4.74 Å². The summed E-state index contributed by atoms with van der Waals surface area (Å²) in [6.45, 7) is 7.66. The number of ether oxygens (including phenoxy) is 1. The predicted octanol–water partition coefficient (Wildman–Crippen LogP) is 2.83. The first kappa shape index (κ1) is 17.7. The van der Waals surface area contributed by atoms with Crippen LogP contribution in [0, 0.1) is 17.9 Å². The van der Waals surface area contributed by atoms with Gasteiger partial charge in [0, 0.05) is 19.5 Å². The lowest BCUT2D eigenvalue weighted by Gasteiger charge is -2.26. The molecule has 2 aromatic rings. The number of hydrogen-bond donors (Lipinski definition) is 0. The van der Waals surface area contributed by atoms with Gasteiger partial charge >= 0.3 is 0 Å². The number of benzene rings is 1. The zero-order valence-corrected chi connectivity index (χ0v) is 14.1. The van der Waals surface area contributed by atoms with E-state index in [2.05, 4.69) is 4.98 Å². The van der Waals surface area contributed by atoms with Crippen LogP contribution in [0.5, 0.6) is 11.5 Å². The number of hydrogen-bond acceptors (Lipinski definition) is 4. The number of carbonyl (C=O) groups is 1. The third-order valence-electron chi connectivity index (χ3n) is 3.57. The molecule has 0 bridgehead atoms. The third-order valence-corrected chi connectivity index (χ3v) is 3.57. The van der Waals surface area contributed by atoms with Gasteiger partial charge in [0.05, 0.1) is 5.56 Å². The molecular formula is C17H20FN3O3. The minimum absolute atomic E-state index is 0.0385. The number of aromatic nitrogens is 2.